The van der Waals surface area contributed by atoms with Crippen LogP contribution in [0.2, 0.25) is 0 Å². The lowest BCUT2D eigenvalue weighted by Gasteiger charge is -2.30. The van der Waals surface area contributed by atoms with Crippen molar-refractivity contribution in [3.8, 4) is 0 Å². The number of hydrogen-bond acceptors (Lipinski definition) is 4. The third kappa shape index (κ3) is 3.41. The molecule has 2 N–H and O–H groups in total. The molecule has 0 amide bonds. The summed E-state index contributed by atoms with van der Waals surface area (Å²) in [7, 11) is 2.23. The second-order valence-electron chi connectivity index (χ2n) is 4.70. The highest BCUT2D eigenvalue weighted by molar-refractivity contribution is 4.77. The number of likely N-dealkylation sites (N-methyl/N-ethyl adjacent to an activating group) is 1. The van der Waals surface area contributed by atoms with Crippen molar-refractivity contribution < 1.29 is 0 Å². The summed E-state index contributed by atoms with van der Waals surface area (Å²) in [6, 6.07) is 0. The minimum absolute atomic E-state index is 0.603. The molecule has 0 aromatic heterocycles. The van der Waals surface area contributed by atoms with Gasteiger partial charge in [-0.3, -0.25) is 4.90 Å². The van der Waals surface area contributed by atoms with Gasteiger partial charge in [-0.25, -0.2) is 0 Å². The van der Waals surface area contributed by atoms with Crippen LogP contribution in [0, 0.1) is 0 Å². The van der Waals surface area contributed by atoms with E-state index in [4.69, 9.17) is 0 Å². The van der Waals surface area contributed by atoms with Crippen LogP contribution in [0.3, 0.4) is 0 Å². The van der Waals surface area contributed by atoms with Gasteiger partial charge in [-0.05, 0) is 33.0 Å². The van der Waals surface area contributed by atoms with E-state index in [-0.39, 0.29) is 0 Å². The molecule has 0 aliphatic carbocycles. The summed E-state index contributed by atoms with van der Waals surface area (Å²) >= 11 is 0. The SMILES string of the molecule is CN1CCCN(C2CCNCCN2)CC1. The molecule has 0 aromatic rings. The van der Waals surface area contributed by atoms with Crippen molar-refractivity contribution in [3.05, 3.63) is 0 Å². The lowest BCUT2D eigenvalue weighted by Crippen LogP contribution is -2.47. The predicted octanol–water partition coefficient (Wildman–Crippen LogP) is -0.467. The second kappa shape index (κ2) is 5.80. The van der Waals surface area contributed by atoms with Gasteiger partial charge in [0.05, 0.1) is 6.17 Å². The maximum Gasteiger partial charge on any atom is 0.0610 e. The Bertz CT molecular complexity index is 177. The van der Waals surface area contributed by atoms with Crippen molar-refractivity contribution in [2.75, 3.05) is 52.9 Å². The van der Waals surface area contributed by atoms with E-state index < -0.39 is 0 Å². The molecule has 2 heterocycles. The van der Waals surface area contributed by atoms with E-state index in [1.165, 1.54) is 39.0 Å². The quantitative estimate of drug-likeness (QED) is 0.615. The van der Waals surface area contributed by atoms with Gasteiger partial charge < -0.3 is 15.5 Å². The Morgan fingerprint density at radius 2 is 1.93 bits per heavy atom. The summed E-state index contributed by atoms with van der Waals surface area (Å²) in [4.78, 5) is 5.06. The van der Waals surface area contributed by atoms with Crippen LogP contribution in [0.4, 0.5) is 0 Å². The minimum atomic E-state index is 0.603. The Balaban J connectivity index is 1.84. The standard InChI is InChI=1S/C11H24N4/c1-14-7-2-8-15(10-9-14)11-3-4-12-5-6-13-11/h11-13H,2-10H2,1H3. The monoisotopic (exact) mass is 212 g/mol. The van der Waals surface area contributed by atoms with Crippen molar-refractivity contribution in [3.63, 3.8) is 0 Å². The maximum absolute atomic E-state index is 3.64. The third-order valence-electron chi connectivity index (χ3n) is 3.47. The van der Waals surface area contributed by atoms with Crippen molar-refractivity contribution in [1.82, 2.24) is 20.4 Å². The lowest BCUT2D eigenvalue weighted by atomic mass is 10.2. The maximum atomic E-state index is 3.64. The molecule has 0 bridgehead atoms. The van der Waals surface area contributed by atoms with Crippen molar-refractivity contribution >= 4 is 0 Å². The topological polar surface area (TPSA) is 30.5 Å². The molecular formula is C11H24N4. The first kappa shape index (κ1) is 11.3. The van der Waals surface area contributed by atoms with Gasteiger partial charge in [-0.15, -0.1) is 0 Å². The van der Waals surface area contributed by atoms with Gasteiger partial charge in [-0.2, -0.15) is 0 Å². The normalized spacial score (nSPS) is 32.2. The van der Waals surface area contributed by atoms with Crippen molar-refractivity contribution in [2.45, 2.75) is 19.0 Å². The molecule has 4 heteroatoms. The Morgan fingerprint density at radius 1 is 1.00 bits per heavy atom. The fourth-order valence-corrected chi connectivity index (χ4v) is 2.48. The fraction of sp³-hybridized carbons (Fsp3) is 1.00. The molecule has 2 aliphatic rings. The van der Waals surface area contributed by atoms with E-state index in [1.807, 2.05) is 0 Å². The van der Waals surface area contributed by atoms with Crippen LogP contribution < -0.4 is 10.6 Å². The summed E-state index contributed by atoms with van der Waals surface area (Å²) < 4.78 is 0. The van der Waals surface area contributed by atoms with E-state index in [1.54, 1.807) is 0 Å². The molecule has 15 heavy (non-hydrogen) atoms. The molecule has 0 spiro atoms. The second-order valence-corrected chi connectivity index (χ2v) is 4.70. The number of rotatable bonds is 1. The average Bonchev–Trinajstić information content (AvgIpc) is 2.59. The predicted molar refractivity (Wildman–Crippen MR) is 63.0 cm³/mol. The molecule has 0 radical (unpaired) electrons. The molecule has 88 valence electrons. The Kier molecular flexibility index (Phi) is 4.38. The summed E-state index contributed by atoms with van der Waals surface area (Å²) in [5.74, 6) is 0. The highest BCUT2D eigenvalue weighted by atomic mass is 15.3. The van der Waals surface area contributed by atoms with Crippen LogP contribution in [0.15, 0.2) is 0 Å². The van der Waals surface area contributed by atoms with Gasteiger partial charge >= 0.3 is 0 Å². The first-order valence-electron chi connectivity index (χ1n) is 6.23. The Morgan fingerprint density at radius 3 is 2.87 bits per heavy atom. The molecule has 2 rings (SSSR count). The van der Waals surface area contributed by atoms with Crippen LogP contribution in [0.5, 0.6) is 0 Å². The Hall–Kier alpha value is -0.160. The van der Waals surface area contributed by atoms with Gasteiger partial charge in [-0.1, -0.05) is 0 Å². The smallest absolute Gasteiger partial charge is 0.0610 e. The number of nitrogens with zero attached hydrogens (tertiary/aromatic N) is 2. The van der Waals surface area contributed by atoms with E-state index >= 15 is 0 Å². The molecule has 1 atom stereocenters. The van der Waals surface area contributed by atoms with Crippen LogP contribution in [-0.4, -0.2) is 68.8 Å². The zero-order valence-corrected chi connectivity index (χ0v) is 9.84. The lowest BCUT2D eigenvalue weighted by molar-refractivity contribution is 0.169. The molecule has 0 saturated carbocycles. The molecule has 2 fully saturated rings. The summed E-state index contributed by atoms with van der Waals surface area (Å²) in [5.41, 5.74) is 0. The average molecular weight is 212 g/mol. The third-order valence-corrected chi connectivity index (χ3v) is 3.47. The van der Waals surface area contributed by atoms with Gasteiger partial charge in [0.25, 0.3) is 0 Å². The van der Waals surface area contributed by atoms with E-state index in [0.717, 1.165) is 19.6 Å². The highest BCUT2D eigenvalue weighted by Gasteiger charge is 2.21. The summed E-state index contributed by atoms with van der Waals surface area (Å²) in [6.07, 6.45) is 3.15. The van der Waals surface area contributed by atoms with E-state index in [0.29, 0.717) is 6.17 Å². The summed E-state index contributed by atoms with van der Waals surface area (Å²) in [6.45, 7) is 8.31. The number of hydrogen-bond donors (Lipinski definition) is 2. The van der Waals surface area contributed by atoms with Gasteiger partial charge in [0.1, 0.15) is 0 Å². The minimum Gasteiger partial charge on any atom is -0.315 e. The van der Waals surface area contributed by atoms with Gasteiger partial charge in [0.2, 0.25) is 0 Å². The van der Waals surface area contributed by atoms with E-state index in [9.17, 15) is 0 Å². The fourth-order valence-electron chi connectivity index (χ4n) is 2.48. The largest absolute Gasteiger partial charge is 0.315 e. The molecule has 0 aromatic carbocycles. The molecule has 2 saturated heterocycles. The van der Waals surface area contributed by atoms with Gasteiger partial charge in [0.15, 0.2) is 0 Å². The molecular weight excluding hydrogens is 188 g/mol. The number of nitrogens with one attached hydrogen (secondary N) is 2. The Labute approximate surface area is 93.0 Å². The van der Waals surface area contributed by atoms with Gasteiger partial charge in [0, 0.05) is 32.7 Å². The van der Waals surface area contributed by atoms with Crippen LogP contribution in [-0.2, 0) is 0 Å². The molecule has 4 nitrogen and oxygen atoms in total. The van der Waals surface area contributed by atoms with Crippen LogP contribution >= 0.6 is 0 Å². The van der Waals surface area contributed by atoms with Crippen LogP contribution in [0.25, 0.3) is 0 Å². The zero-order chi connectivity index (χ0) is 10.5. The molecule has 1 unspecified atom stereocenters. The molecule has 2 aliphatic heterocycles. The van der Waals surface area contributed by atoms with Crippen molar-refractivity contribution in [1.29, 1.82) is 0 Å². The van der Waals surface area contributed by atoms with E-state index in [2.05, 4.69) is 27.5 Å². The zero-order valence-electron chi connectivity index (χ0n) is 9.84. The first-order valence-corrected chi connectivity index (χ1v) is 6.23. The summed E-state index contributed by atoms with van der Waals surface area (Å²) in [5, 5.41) is 7.08. The highest BCUT2D eigenvalue weighted by Crippen LogP contribution is 2.07. The first-order chi connectivity index (χ1) is 7.36. The van der Waals surface area contributed by atoms with Crippen molar-refractivity contribution in [2.24, 2.45) is 0 Å². The van der Waals surface area contributed by atoms with Crippen LogP contribution in [0.1, 0.15) is 12.8 Å².